The number of hydrogen-bond donors (Lipinski definition) is 2. The predicted molar refractivity (Wildman–Crippen MR) is 119 cm³/mol. The summed E-state index contributed by atoms with van der Waals surface area (Å²) in [6, 6.07) is 2.40. The molecule has 2 N–H and O–H groups in total. The molecule has 1 aromatic heterocycles. The summed E-state index contributed by atoms with van der Waals surface area (Å²) < 4.78 is 6.60. The van der Waals surface area contributed by atoms with E-state index in [1.807, 2.05) is 6.92 Å². The summed E-state index contributed by atoms with van der Waals surface area (Å²) in [7, 11) is 1.59. The number of carbonyl (C=O) groups is 2. The number of hydrogen-bond acceptors (Lipinski definition) is 6. The van der Waals surface area contributed by atoms with Gasteiger partial charge in [-0.05, 0) is 65.6 Å². The van der Waals surface area contributed by atoms with Gasteiger partial charge in [0.25, 0.3) is 5.56 Å². The van der Waals surface area contributed by atoms with Gasteiger partial charge in [0.15, 0.2) is 0 Å². The monoisotopic (exact) mass is 455 g/mol. The van der Waals surface area contributed by atoms with E-state index in [0.29, 0.717) is 5.69 Å². The van der Waals surface area contributed by atoms with Crippen molar-refractivity contribution in [3.63, 3.8) is 0 Å². The van der Waals surface area contributed by atoms with Gasteiger partial charge >= 0.3 is 6.09 Å². The maximum Gasteiger partial charge on any atom is 0.407 e. The molecule has 1 unspecified atom stereocenters. The van der Waals surface area contributed by atoms with Gasteiger partial charge in [-0.15, -0.1) is 11.6 Å². The number of aryl methyl sites for hydroxylation is 1. The first kappa shape index (κ1) is 25.1. The van der Waals surface area contributed by atoms with Crippen LogP contribution in [0.2, 0.25) is 0 Å². The van der Waals surface area contributed by atoms with Gasteiger partial charge in [0.05, 0.1) is 11.7 Å². The van der Waals surface area contributed by atoms with Gasteiger partial charge in [-0.3, -0.25) is 9.59 Å². The molecule has 0 spiro atoms. The maximum atomic E-state index is 12.9. The SMILES string of the molecule is C[C@@H](CN(C(=O)CCl)C(c1ccc(=O)n(C)n1)C1CCNCC1)NC(=O)OC(C)(C)C. The number of carbonyl (C=O) groups excluding carboxylic acids is 2. The number of nitrogens with one attached hydrogen (secondary N) is 2. The molecule has 0 saturated carbocycles. The second kappa shape index (κ2) is 10.9. The van der Waals surface area contributed by atoms with Crippen LogP contribution in [-0.4, -0.2) is 63.8 Å². The predicted octanol–water partition coefficient (Wildman–Crippen LogP) is 1.80. The third-order valence-corrected chi connectivity index (χ3v) is 5.35. The molecule has 2 heterocycles. The highest BCUT2D eigenvalue weighted by atomic mass is 35.5. The summed E-state index contributed by atoms with van der Waals surface area (Å²) in [6.07, 6.45) is 1.17. The zero-order chi connectivity index (χ0) is 23.2. The Morgan fingerprint density at radius 3 is 2.55 bits per heavy atom. The van der Waals surface area contributed by atoms with Crippen molar-refractivity contribution < 1.29 is 14.3 Å². The molecule has 1 saturated heterocycles. The van der Waals surface area contributed by atoms with Crippen LogP contribution in [0.3, 0.4) is 0 Å². The topological polar surface area (TPSA) is 106 Å². The second-order valence-electron chi connectivity index (χ2n) is 8.98. The van der Waals surface area contributed by atoms with Crippen LogP contribution in [0.4, 0.5) is 4.79 Å². The molecule has 1 aliphatic rings. The molecule has 0 radical (unpaired) electrons. The van der Waals surface area contributed by atoms with Crippen LogP contribution in [0.25, 0.3) is 0 Å². The van der Waals surface area contributed by atoms with Crippen molar-refractivity contribution in [2.75, 3.05) is 25.5 Å². The van der Waals surface area contributed by atoms with E-state index in [-0.39, 0.29) is 41.9 Å². The first-order valence-corrected chi connectivity index (χ1v) is 11.1. The number of ether oxygens (including phenoxy) is 1. The normalized spacial score (nSPS) is 17.0. The fourth-order valence-corrected chi connectivity index (χ4v) is 3.94. The highest BCUT2D eigenvalue weighted by Gasteiger charge is 2.35. The van der Waals surface area contributed by atoms with Crippen LogP contribution in [0, 0.1) is 5.92 Å². The molecule has 1 aliphatic heterocycles. The van der Waals surface area contributed by atoms with Crippen molar-refractivity contribution in [1.82, 2.24) is 25.3 Å². The third kappa shape index (κ3) is 7.50. The zero-order valence-corrected chi connectivity index (χ0v) is 19.7. The van der Waals surface area contributed by atoms with Crippen LogP contribution in [-0.2, 0) is 16.6 Å². The lowest BCUT2D eigenvalue weighted by Gasteiger charge is -2.39. The van der Waals surface area contributed by atoms with Gasteiger partial charge in [0, 0.05) is 25.7 Å². The highest BCUT2D eigenvalue weighted by Crippen LogP contribution is 2.33. The second-order valence-corrected chi connectivity index (χ2v) is 9.25. The van der Waals surface area contributed by atoms with Crippen LogP contribution < -0.4 is 16.2 Å². The molecule has 2 amide bonds. The van der Waals surface area contributed by atoms with E-state index >= 15 is 0 Å². The van der Waals surface area contributed by atoms with E-state index in [0.717, 1.165) is 25.9 Å². The maximum absolute atomic E-state index is 12.9. The Morgan fingerprint density at radius 2 is 2.00 bits per heavy atom. The molecule has 0 aliphatic carbocycles. The van der Waals surface area contributed by atoms with E-state index in [2.05, 4.69) is 15.7 Å². The van der Waals surface area contributed by atoms with E-state index < -0.39 is 11.7 Å². The summed E-state index contributed by atoms with van der Waals surface area (Å²) in [4.78, 5) is 38.7. The van der Waals surface area contributed by atoms with E-state index in [1.165, 1.54) is 10.7 Å². The van der Waals surface area contributed by atoms with Gasteiger partial charge in [0.2, 0.25) is 5.91 Å². The summed E-state index contributed by atoms with van der Waals surface area (Å²) >= 11 is 5.96. The van der Waals surface area contributed by atoms with Crippen LogP contribution in [0.15, 0.2) is 16.9 Å². The van der Waals surface area contributed by atoms with Gasteiger partial charge in [0.1, 0.15) is 11.5 Å². The minimum Gasteiger partial charge on any atom is -0.444 e. The minimum atomic E-state index is -0.619. The summed E-state index contributed by atoms with van der Waals surface area (Å²) in [6.45, 7) is 9.09. The molecule has 2 rings (SSSR count). The average Bonchev–Trinajstić information content (AvgIpc) is 2.68. The number of rotatable bonds is 7. The summed E-state index contributed by atoms with van der Waals surface area (Å²) in [5, 5.41) is 10.6. The zero-order valence-electron chi connectivity index (χ0n) is 19.0. The Morgan fingerprint density at radius 1 is 1.35 bits per heavy atom. The molecule has 1 fully saturated rings. The Hall–Kier alpha value is -2.13. The molecular formula is C21H34ClN5O4. The lowest BCUT2D eigenvalue weighted by atomic mass is 9.86. The number of amides is 2. The Bertz CT molecular complexity index is 817. The van der Waals surface area contributed by atoms with Crippen LogP contribution in [0.5, 0.6) is 0 Å². The number of piperidine rings is 1. The quantitative estimate of drug-likeness (QED) is 0.607. The van der Waals surface area contributed by atoms with Crippen LogP contribution in [0.1, 0.15) is 52.3 Å². The lowest BCUT2D eigenvalue weighted by molar-refractivity contribution is -0.133. The van der Waals surface area contributed by atoms with E-state index in [4.69, 9.17) is 16.3 Å². The molecule has 10 heteroatoms. The van der Waals surface area contributed by atoms with Crippen molar-refractivity contribution in [3.8, 4) is 0 Å². The minimum absolute atomic E-state index is 0.146. The van der Waals surface area contributed by atoms with Gasteiger partial charge < -0.3 is 20.3 Å². The highest BCUT2D eigenvalue weighted by molar-refractivity contribution is 6.27. The Kier molecular flexibility index (Phi) is 8.88. The molecule has 174 valence electrons. The smallest absolute Gasteiger partial charge is 0.407 e. The van der Waals surface area contributed by atoms with Crippen molar-refractivity contribution >= 4 is 23.6 Å². The third-order valence-electron chi connectivity index (χ3n) is 5.12. The summed E-state index contributed by atoms with van der Waals surface area (Å²) in [5.41, 5.74) is -0.203. The van der Waals surface area contributed by atoms with E-state index in [9.17, 15) is 14.4 Å². The molecule has 9 nitrogen and oxygen atoms in total. The Labute approximate surface area is 188 Å². The molecule has 2 atom stereocenters. The molecule has 31 heavy (non-hydrogen) atoms. The van der Waals surface area contributed by atoms with Crippen molar-refractivity contribution in [2.24, 2.45) is 13.0 Å². The standard InChI is InChI=1S/C21H34ClN5O4/c1-14(24-20(30)31-21(2,3)4)13-27(18(29)12-22)19(15-8-10-23-11-9-15)16-6-7-17(28)26(5)25-16/h6-7,14-15,19,23H,8-13H2,1-5H3,(H,24,30)/t14-,19?/m0/s1. The van der Waals surface area contributed by atoms with Crippen molar-refractivity contribution in [1.29, 1.82) is 0 Å². The fraction of sp³-hybridized carbons (Fsp3) is 0.714. The van der Waals surface area contributed by atoms with Crippen LogP contribution >= 0.6 is 11.6 Å². The summed E-state index contributed by atoms with van der Waals surface area (Å²) in [5.74, 6) is -0.294. The average molecular weight is 456 g/mol. The molecule has 0 bridgehead atoms. The van der Waals surface area contributed by atoms with Gasteiger partial charge in [-0.2, -0.15) is 5.10 Å². The lowest BCUT2D eigenvalue weighted by Crippen LogP contribution is -2.50. The number of alkyl carbamates (subject to hydrolysis) is 1. The van der Waals surface area contributed by atoms with Gasteiger partial charge in [-0.25, -0.2) is 9.48 Å². The Balaban J connectivity index is 2.32. The largest absolute Gasteiger partial charge is 0.444 e. The number of alkyl halides is 1. The fourth-order valence-electron chi connectivity index (χ4n) is 3.79. The molecule has 0 aromatic carbocycles. The van der Waals surface area contributed by atoms with E-state index in [1.54, 1.807) is 38.8 Å². The van der Waals surface area contributed by atoms with Crippen molar-refractivity contribution in [3.05, 3.63) is 28.2 Å². The number of nitrogens with zero attached hydrogens (tertiary/aromatic N) is 3. The first-order valence-electron chi connectivity index (χ1n) is 10.6. The van der Waals surface area contributed by atoms with Gasteiger partial charge in [-0.1, -0.05) is 0 Å². The molecule has 1 aromatic rings. The number of halogens is 1. The first-order chi connectivity index (χ1) is 14.5. The van der Waals surface area contributed by atoms with Crippen molar-refractivity contribution in [2.45, 2.75) is 58.2 Å². The number of aromatic nitrogens is 2. The molecular weight excluding hydrogens is 422 g/mol.